The van der Waals surface area contributed by atoms with Crippen LogP contribution >= 0.6 is 23.5 Å². The van der Waals surface area contributed by atoms with E-state index in [0.29, 0.717) is 18.0 Å². The van der Waals surface area contributed by atoms with Gasteiger partial charge in [-0.15, -0.1) is 23.5 Å². The van der Waals surface area contributed by atoms with E-state index in [0.717, 1.165) is 35.2 Å². The Kier molecular flexibility index (Phi) is 14.6. The van der Waals surface area contributed by atoms with Crippen molar-refractivity contribution in [2.24, 2.45) is 39.6 Å². The van der Waals surface area contributed by atoms with E-state index < -0.39 is 0 Å². The van der Waals surface area contributed by atoms with Gasteiger partial charge >= 0.3 is 0 Å². The maximum absolute atomic E-state index is 5.72. The second-order valence-electron chi connectivity index (χ2n) is 15.1. The zero-order valence-electron chi connectivity index (χ0n) is 28.6. The highest BCUT2D eigenvalue weighted by Crippen LogP contribution is 2.46. The average Bonchev–Trinajstić information content (AvgIpc) is 3.08. The molecule has 4 fully saturated rings. The van der Waals surface area contributed by atoms with Crippen molar-refractivity contribution in [1.29, 1.82) is 0 Å². The molecule has 0 aromatic heterocycles. The van der Waals surface area contributed by atoms with E-state index in [4.69, 9.17) is 9.98 Å². The van der Waals surface area contributed by atoms with E-state index in [2.05, 4.69) is 56.8 Å². The van der Waals surface area contributed by atoms with Crippen LogP contribution in [0.4, 0.5) is 0 Å². The minimum atomic E-state index is 0.551. The van der Waals surface area contributed by atoms with Gasteiger partial charge in [0.25, 0.3) is 0 Å². The molecule has 4 saturated carbocycles. The average molecular weight is 637 g/mol. The van der Waals surface area contributed by atoms with Gasteiger partial charge in [0.2, 0.25) is 0 Å². The molecule has 0 amide bonds. The van der Waals surface area contributed by atoms with E-state index in [1.54, 1.807) is 0 Å². The quantitative estimate of drug-likeness (QED) is 0.178. The largest absolute Gasteiger partial charge is 0.280 e. The van der Waals surface area contributed by atoms with Crippen LogP contribution in [0.2, 0.25) is 0 Å². The number of rotatable bonds is 11. The monoisotopic (exact) mass is 636 g/mol. The van der Waals surface area contributed by atoms with Crippen LogP contribution in [0.3, 0.4) is 0 Å². The second kappa shape index (κ2) is 18.6. The van der Waals surface area contributed by atoms with Gasteiger partial charge in [-0.3, -0.25) is 9.98 Å². The summed E-state index contributed by atoms with van der Waals surface area (Å²) in [5.74, 6) is 6.10. The molecule has 0 aliphatic heterocycles. The fourth-order valence-corrected chi connectivity index (χ4v) is 11.4. The van der Waals surface area contributed by atoms with Crippen molar-refractivity contribution in [2.45, 2.75) is 173 Å². The minimum Gasteiger partial charge on any atom is -0.280 e. The highest BCUT2D eigenvalue weighted by molar-refractivity contribution is 8.13. The first-order valence-electron chi connectivity index (χ1n) is 19.0. The lowest BCUT2D eigenvalue weighted by molar-refractivity contribution is 0.0987. The molecule has 0 unspecified atom stereocenters. The molecule has 0 radical (unpaired) electrons. The standard InChI is InChI=1S/C40H64N2S2/c1-30(33-18-8-4-9-19-33)39(34-20-10-5-11-21-34)31(2)40(42-38-26-14-7-15-27-38)44-29-36-23-17-16-22-35(36)28-43-32(3)41-37-24-12-6-13-25-37/h16-17,22-23,30-31,33-34,37-39H,4-15,18-21,24-29H2,1-3H3/t30-,31-,39+/m1/s1. The van der Waals surface area contributed by atoms with Crippen LogP contribution in [0.25, 0.3) is 0 Å². The summed E-state index contributed by atoms with van der Waals surface area (Å²) in [6.45, 7) is 7.52. The van der Waals surface area contributed by atoms with Crippen molar-refractivity contribution in [3.63, 3.8) is 0 Å². The Morgan fingerprint density at radius 2 is 1.07 bits per heavy atom. The van der Waals surface area contributed by atoms with E-state index in [1.165, 1.54) is 150 Å². The molecular formula is C40H64N2S2. The summed E-state index contributed by atoms with van der Waals surface area (Å²) < 4.78 is 0. The van der Waals surface area contributed by atoms with Crippen molar-refractivity contribution in [1.82, 2.24) is 0 Å². The molecule has 3 atom stereocenters. The number of hydrogen-bond acceptors (Lipinski definition) is 4. The smallest absolute Gasteiger partial charge is 0.0713 e. The lowest BCUT2D eigenvalue weighted by Crippen LogP contribution is -2.37. The van der Waals surface area contributed by atoms with Crippen LogP contribution in [0.5, 0.6) is 0 Å². The Labute approximate surface area is 280 Å². The molecule has 5 rings (SSSR count). The Morgan fingerprint density at radius 3 is 1.61 bits per heavy atom. The lowest BCUT2D eigenvalue weighted by atomic mass is 9.64. The molecule has 4 aliphatic carbocycles. The van der Waals surface area contributed by atoms with E-state index in [1.807, 2.05) is 11.8 Å². The molecule has 0 saturated heterocycles. The van der Waals surface area contributed by atoms with Crippen LogP contribution in [-0.4, -0.2) is 22.2 Å². The van der Waals surface area contributed by atoms with Crippen LogP contribution in [0.1, 0.15) is 160 Å². The molecule has 246 valence electrons. The Morgan fingerprint density at radius 1 is 0.614 bits per heavy atom. The van der Waals surface area contributed by atoms with Crippen LogP contribution < -0.4 is 0 Å². The molecule has 0 heterocycles. The Bertz CT molecular complexity index is 1030. The Hall–Kier alpha value is -0.740. The predicted octanol–water partition coefficient (Wildman–Crippen LogP) is 12.7. The first-order valence-corrected chi connectivity index (χ1v) is 21.0. The molecule has 1 aromatic carbocycles. The number of aliphatic imine (C=N–C) groups is 2. The first-order chi connectivity index (χ1) is 21.6. The van der Waals surface area contributed by atoms with Crippen LogP contribution in [0.15, 0.2) is 34.3 Å². The third-order valence-electron chi connectivity index (χ3n) is 11.9. The van der Waals surface area contributed by atoms with Gasteiger partial charge in [-0.1, -0.05) is 141 Å². The third kappa shape index (κ3) is 10.4. The number of hydrogen-bond donors (Lipinski definition) is 0. The van der Waals surface area contributed by atoms with Gasteiger partial charge in [0.15, 0.2) is 0 Å². The van der Waals surface area contributed by atoms with Crippen molar-refractivity contribution in [2.75, 3.05) is 0 Å². The van der Waals surface area contributed by atoms with Crippen LogP contribution in [-0.2, 0) is 11.5 Å². The fraction of sp³-hybridized carbons (Fsp3) is 0.800. The number of thioether (sulfide) groups is 2. The topological polar surface area (TPSA) is 24.7 Å². The predicted molar refractivity (Wildman–Crippen MR) is 198 cm³/mol. The van der Waals surface area contributed by atoms with Crippen molar-refractivity contribution >= 4 is 33.6 Å². The van der Waals surface area contributed by atoms with E-state index in [9.17, 15) is 0 Å². The summed E-state index contributed by atoms with van der Waals surface area (Å²) in [5, 5.41) is 2.78. The van der Waals surface area contributed by atoms with Crippen molar-refractivity contribution < 1.29 is 0 Å². The summed E-state index contributed by atoms with van der Waals surface area (Å²) in [5.41, 5.74) is 3.00. The summed E-state index contributed by atoms with van der Waals surface area (Å²) in [4.78, 5) is 10.8. The minimum absolute atomic E-state index is 0.551. The second-order valence-corrected chi connectivity index (χ2v) is 17.2. The van der Waals surface area contributed by atoms with Gasteiger partial charge in [-0.25, -0.2) is 0 Å². The lowest BCUT2D eigenvalue weighted by Gasteiger charge is -2.43. The molecule has 0 N–H and O–H groups in total. The molecule has 2 nitrogen and oxygen atoms in total. The van der Waals surface area contributed by atoms with Gasteiger partial charge in [-0.05, 0) is 67.4 Å². The highest BCUT2D eigenvalue weighted by atomic mass is 32.2. The van der Waals surface area contributed by atoms with E-state index in [-0.39, 0.29) is 0 Å². The normalized spacial score (nSPS) is 24.7. The molecule has 0 bridgehead atoms. The van der Waals surface area contributed by atoms with Crippen LogP contribution in [0, 0.1) is 29.6 Å². The summed E-state index contributed by atoms with van der Waals surface area (Å²) in [6.07, 6.45) is 28.0. The highest BCUT2D eigenvalue weighted by Gasteiger charge is 2.38. The number of benzene rings is 1. The maximum Gasteiger partial charge on any atom is 0.0713 e. The molecule has 1 aromatic rings. The van der Waals surface area contributed by atoms with E-state index >= 15 is 0 Å². The third-order valence-corrected chi connectivity index (χ3v) is 14.1. The van der Waals surface area contributed by atoms with Gasteiger partial charge in [0.05, 0.1) is 22.2 Å². The van der Waals surface area contributed by atoms with Gasteiger partial charge in [0, 0.05) is 17.4 Å². The summed E-state index contributed by atoms with van der Waals surface area (Å²) >= 11 is 4.08. The molecule has 4 aliphatic rings. The SMILES string of the molecule is CC(=NC1CCCCC1)SCc1ccccc1CSC(=NC1CCCCC1)[C@H](C)[C@@H](C1CCCCC1)[C@H](C)C1CCCCC1. The Balaban J connectivity index is 1.32. The number of nitrogens with zero attached hydrogens (tertiary/aromatic N) is 2. The zero-order chi connectivity index (χ0) is 30.6. The molecular weight excluding hydrogens is 573 g/mol. The van der Waals surface area contributed by atoms with Gasteiger partial charge < -0.3 is 0 Å². The molecule has 0 spiro atoms. The molecule has 4 heteroatoms. The fourth-order valence-electron chi connectivity index (χ4n) is 9.30. The maximum atomic E-state index is 5.72. The summed E-state index contributed by atoms with van der Waals surface area (Å²) in [7, 11) is 0. The molecule has 44 heavy (non-hydrogen) atoms. The summed E-state index contributed by atoms with van der Waals surface area (Å²) in [6, 6.07) is 10.4. The van der Waals surface area contributed by atoms with Crippen molar-refractivity contribution in [3.05, 3.63) is 35.4 Å². The zero-order valence-corrected chi connectivity index (χ0v) is 30.3. The first kappa shape index (κ1) is 34.6. The van der Waals surface area contributed by atoms with Gasteiger partial charge in [-0.2, -0.15) is 0 Å². The van der Waals surface area contributed by atoms with Crippen molar-refractivity contribution in [3.8, 4) is 0 Å². The van der Waals surface area contributed by atoms with Gasteiger partial charge in [0.1, 0.15) is 0 Å².